The third-order valence-corrected chi connectivity index (χ3v) is 3.15. The van der Waals surface area contributed by atoms with Crippen molar-refractivity contribution in [2.24, 2.45) is 23.5 Å². The van der Waals surface area contributed by atoms with Crippen LogP contribution in [0.3, 0.4) is 0 Å². The van der Waals surface area contributed by atoms with Crippen LogP contribution in [0.5, 0.6) is 0 Å². The van der Waals surface area contributed by atoms with Gasteiger partial charge in [-0.15, -0.1) is 0 Å². The molecule has 0 radical (unpaired) electrons. The van der Waals surface area contributed by atoms with E-state index in [9.17, 15) is 8.78 Å². The fraction of sp³-hybridized carbons (Fsp3) is 1.00. The predicted molar refractivity (Wildman–Crippen MR) is 61.0 cm³/mol. The highest BCUT2D eigenvalue weighted by atomic mass is 19.3. The minimum absolute atomic E-state index is 0.0255. The highest BCUT2D eigenvalue weighted by Gasteiger charge is 2.45. The lowest BCUT2D eigenvalue weighted by Crippen LogP contribution is -2.40. The van der Waals surface area contributed by atoms with Gasteiger partial charge < -0.3 is 5.73 Å². The summed E-state index contributed by atoms with van der Waals surface area (Å²) in [5.74, 6) is -2.55. The second kappa shape index (κ2) is 6.41. The molecular formula is C12H25F2N. The van der Waals surface area contributed by atoms with Crippen molar-refractivity contribution in [2.75, 3.05) is 6.54 Å². The van der Waals surface area contributed by atoms with E-state index in [0.717, 1.165) is 0 Å². The summed E-state index contributed by atoms with van der Waals surface area (Å²) in [5.41, 5.74) is 5.51. The van der Waals surface area contributed by atoms with E-state index in [-0.39, 0.29) is 12.3 Å². The van der Waals surface area contributed by atoms with Crippen molar-refractivity contribution in [2.45, 2.75) is 52.9 Å². The lowest BCUT2D eigenvalue weighted by atomic mass is 9.74. The van der Waals surface area contributed by atoms with Gasteiger partial charge in [-0.25, -0.2) is 8.78 Å². The average molecular weight is 221 g/mol. The molecule has 1 saturated carbocycles. The van der Waals surface area contributed by atoms with Crippen LogP contribution >= 0.6 is 0 Å². The van der Waals surface area contributed by atoms with Crippen molar-refractivity contribution in [3.05, 3.63) is 0 Å². The largest absolute Gasteiger partial charge is 0.330 e. The molecule has 3 heteroatoms. The first-order valence-corrected chi connectivity index (χ1v) is 6.05. The third-order valence-electron chi connectivity index (χ3n) is 3.15. The Morgan fingerprint density at radius 3 is 2.27 bits per heavy atom. The van der Waals surface area contributed by atoms with Crippen LogP contribution in [-0.2, 0) is 0 Å². The molecule has 0 saturated heterocycles. The summed E-state index contributed by atoms with van der Waals surface area (Å²) in [5, 5.41) is 0. The average Bonchev–Trinajstić information content (AvgIpc) is 2.20. The maximum absolute atomic E-state index is 13.4. The van der Waals surface area contributed by atoms with Crippen LogP contribution in [0.15, 0.2) is 0 Å². The van der Waals surface area contributed by atoms with Gasteiger partial charge in [0.15, 0.2) is 0 Å². The summed E-state index contributed by atoms with van der Waals surface area (Å²) in [7, 11) is 0. The Morgan fingerprint density at radius 1 is 1.33 bits per heavy atom. The molecule has 2 atom stereocenters. The van der Waals surface area contributed by atoms with Crippen LogP contribution in [0.25, 0.3) is 0 Å². The second-order valence-corrected chi connectivity index (χ2v) is 4.49. The summed E-state index contributed by atoms with van der Waals surface area (Å²) >= 11 is 0. The first kappa shape index (κ1) is 14.8. The van der Waals surface area contributed by atoms with Gasteiger partial charge >= 0.3 is 0 Å². The molecular weight excluding hydrogens is 196 g/mol. The molecule has 15 heavy (non-hydrogen) atoms. The maximum Gasteiger partial charge on any atom is 0.251 e. The quantitative estimate of drug-likeness (QED) is 0.756. The highest BCUT2D eigenvalue weighted by Crippen LogP contribution is 2.44. The van der Waals surface area contributed by atoms with Crippen molar-refractivity contribution in [1.29, 1.82) is 0 Å². The van der Waals surface area contributed by atoms with Crippen molar-refractivity contribution in [1.82, 2.24) is 0 Å². The molecule has 0 amide bonds. The molecule has 1 nitrogen and oxygen atoms in total. The number of hydrogen-bond acceptors (Lipinski definition) is 1. The molecule has 0 heterocycles. The van der Waals surface area contributed by atoms with E-state index in [4.69, 9.17) is 5.73 Å². The smallest absolute Gasteiger partial charge is 0.251 e. The van der Waals surface area contributed by atoms with Gasteiger partial charge in [-0.1, -0.05) is 27.7 Å². The van der Waals surface area contributed by atoms with Gasteiger partial charge in [0.05, 0.1) is 0 Å². The van der Waals surface area contributed by atoms with E-state index in [1.807, 2.05) is 27.7 Å². The van der Waals surface area contributed by atoms with Crippen molar-refractivity contribution in [3.8, 4) is 0 Å². The molecule has 0 bridgehead atoms. The van der Waals surface area contributed by atoms with Gasteiger partial charge in [-0.3, -0.25) is 0 Å². The molecule has 0 aromatic heterocycles. The summed E-state index contributed by atoms with van der Waals surface area (Å²) in [4.78, 5) is 0. The standard InChI is InChI=1S/C10H19F2N.C2H6/c1-7(2)9-5-8(6-13)3-4-10(9,11)12;1-2/h7-9H,3-6,13H2,1-2H3;1-2H3. The Morgan fingerprint density at radius 2 is 1.87 bits per heavy atom. The maximum atomic E-state index is 13.4. The van der Waals surface area contributed by atoms with Crippen molar-refractivity contribution >= 4 is 0 Å². The van der Waals surface area contributed by atoms with Gasteiger partial charge in [0.1, 0.15) is 0 Å². The van der Waals surface area contributed by atoms with Gasteiger partial charge in [-0.2, -0.15) is 0 Å². The number of nitrogens with two attached hydrogens (primary N) is 1. The molecule has 0 aromatic rings. The molecule has 2 N–H and O–H groups in total. The predicted octanol–water partition coefficient (Wildman–Crippen LogP) is 3.68. The SMILES string of the molecule is CC.CC(C)C1CC(CN)CCC1(F)F. The van der Waals surface area contributed by atoms with Gasteiger partial charge in [0.2, 0.25) is 0 Å². The van der Waals surface area contributed by atoms with Gasteiger partial charge in [-0.05, 0) is 31.2 Å². The summed E-state index contributed by atoms with van der Waals surface area (Å²) in [6.07, 6.45) is 1.21. The van der Waals surface area contributed by atoms with Crippen LogP contribution in [0.2, 0.25) is 0 Å². The summed E-state index contributed by atoms with van der Waals surface area (Å²) < 4.78 is 26.8. The number of hydrogen-bond donors (Lipinski definition) is 1. The Labute approximate surface area is 92.4 Å². The zero-order valence-corrected chi connectivity index (χ0v) is 10.4. The third kappa shape index (κ3) is 4.06. The molecule has 1 fully saturated rings. The monoisotopic (exact) mass is 221 g/mol. The molecule has 1 rings (SSSR count). The molecule has 0 spiro atoms. The number of halogens is 2. The lowest BCUT2D eigenvalue weighted by Gasteiger charge is -2.37. The highest BCUT2D eigenvalue weighted by molar-refractivity contribution is 4.87. The molecule has 0 aromatic carbocycles. The lowest BCUT2D eigenvalue weighted by molar-refractivity contribution is -0.112. The number of alkyl halides is 2. The molecule has 1 aliphatic rings. The number of rotatable bonds is 2. The van der Waals surface area contributed by atoms with Crippen molar-refractivity contribution in [3.63, 3.8) is 0 Å². The molecule has 2 unspecified atom stereocenters. The van der Waals surface area contributed by atoms with E-state index < -0.39 is 11.8 Å². The Kier molecular flexibility index (Phi) is 6.34. The van der Waals surface area contributed by atoms with Crippen LogP contribution in [-0.4, -0.2) is 12.5 Å². The Bertz CT molecular complexity index is 169. The fourth-order valence-electron chi connectivity index (χ4n) is 2.21. The normalized spacial score (nSPS) is 29.6. The van der Waals surface area contributed by atoms with E-state index in [2.05, 4.69) is 0 Å². The Balaban J connectivity index is 0.000000921. The van der Waals surface area contributed by atoms with Crippen LogP contribution in [0.1, 0.15) is 47.0 Å². The zero-order chi connectivity index (χ0) is 12.1. The first-order chi connectivity index (χ1) is 6.97. The van der Waals surface area contributed by atoms with E-state index in [0.29, 0.717) is 25.3 Å². The van der Waals surface area contributed by atoms with Gasteiger partial charge in [0.25, 0.3) is 5.92 Å². The molecule has 0 aliphatic heterocycles. The summed E-state index contributed by atoms with van der Waals surface area (Å²) in [6.45, 7) is 8.30. The van der Waals surface area contributed by atoms with Crippen LogP contribution < -0.4 is 5.73 Å². The fourth-order valence-corrected chi connectivity index (χ4v) is 2.21. The minimum Gasteiger partial charge on any atom is -0.330 e. The topological polar surface area (TPSA) is 26.0 Å². The van der Waals surface area contributed by atoms with Crippen LogP contribution in [0.4, 0.5) is 8.78 Å². The van der Waals surface area contributed by atoms with Gasteiger partial charge in [0, 0.05) is 12.3 Å². The zero-order valence-electron chi connectivity index (χ0n) is 10.4. The summed E-state index contributed by atoms with van der Waals surface area (Å²) in [6, 6.07) is 0. The Hall–Kier alpha value is -0.180. The van der Waals surface area contributed by atoms with E-state index >= 15 is 0 Å². The van der Waals surface area contributed by atoms with E-state index in [1.165, 1.54) is 0 Å². The first-order valence-electron chi connectivity index (χ1n) is 6.05. The molecule has 1 aliphatic carbocycles. The van der Waals surface area contributed by atoms with E-state index in [1.54, 1.807) is 0 Å². The van der Waals surface area contributed by atoms with Crippen molar-refractivity contribution < 1.29 is 8.78 Å². The van der Waals surface area contributed by atoms with Crippen LogP contribution in [0, 0.1) is 17.8 Å². The second-order valence-electron chi connectivity index (χ2n) is 4.49. The molecule has 92 valence electrons. The minimum atomic E-state index is -2.46.